The molecule has 0 saturated heterocycles. The molecule has 8 aromatic carbocycles. The van der Waals surface area contributed by atoms with E-state index in [9.17, 15) is 0 Å². The van der Waals surface area contributed by atoms with Gasteiger partial charge in [0.15, 0.2) is 0 Å². The molecule has 0 N–H and O–H groups in total. The van der Waals surface area contributed by atoms with E-state index in [0.29, 0.717) is 11.9 Å². The molecule has 0 aliphatic carbocycles. The summed E-state index contributed by atoms with van der Waals surface area (Å²) in [4.78, 5) is 21.0. The summed E-state index contributed by atoms with van der Waals surface area (Å²) in [6.45, 7) is 0. The third-order valence-corrected chi connectivity index (χ3v) is 13.4. The maximum Gasteiger partial charge on any atom is 0.235 e. The van der Waals surface area contributed by atoms with Crippen LogP contribution in [0.4, 0.5) is 0 Å². The van der Waals surface area contributed by atoms with Crippen molar-refractivity contribution in [2.75, 3.05) is 0 Å². The van der Waals surface area contributed by atoms with Crippen molar-refractivity contribution in [3.8, 4) is 78.1 Å². The summed E-state index contributed by atoms with van der Waals surface area (Å²) in [6, 6.07) is 75.2. The van der Waals surface area contributed by atoms with Crippen molar-refractivity contribution in [2.45, 2.75) is 0 Å². The van der Waals surface area contributed by atoms with Crippen LogP contribution in [0.3, 0.4) is 0 Å². The van der Waals surface area contributed by atoms with Crippen LogP contribution in [0.25, 0.3) is 122 Å². The molecule has 0 spiro atoms. The lowest BCUT2D eigenvalue weighted by molar-refractivity contribution is 0.995. The summed E-state index contributed by atoms with van der Waals surface area (Å²) in [5, 5.41) is 15.8. The molecule has 0 radical (unpaired) electrons. The van der Waals surface area contributed by atoms with Gasteiger partial charge in [0.2, 0.25) is 11.9 Å². The van der Waals surface area contributed by atoms with Gasteiger partial charge in [0.25, 0.3) is 0 Å². The van der Waals surface area contributed by atoms with Gasteiger partial charge in [-0.25, -0.2) is 19.9 Å². The van der Waals surface area contributed by atoms with Crippen LogP contribution in [0.2, 0.25) is 0 Å². The molecule has 13 rings (SSSR count). The summed E-state index contributed by atoms with van der Waals surface area (Å²) < 4.78 is 4.36. The van der Waals surface area contributed by atoms with Crippen LogP contribution < -0.4 is 0 Å². The van der Waals surface area contributed by atoms with Crippen LogP contribution in [0, 0.1) is 0 Å². The lowest BCUT2D eigenvalue weighted by atomic mass is 10.1. The number of fused-ring (bicyclic) bond motifs is 6. The predicted molar refractivity (Wildman–Crippen MR) is 272 cm³/mol. The summed E-state index contributed by atoms with van der Waals surface area (Å²) in [7, 11) is 0. The van der Waals surface area contributed by atoms with Gasteiger partial charge in [-0.1, -0.05) is 193 Å². The van der Waals surface area contributed by atoms with Crippen molar-refractivity contribution in [1.82, 2.24) is 39.3 Å². The minimum atomic E-state index is 0.596. The minimum absolute atomic E-state index is 0.596. The molecule has 0 aliphatic rings. The van der Waals surface area contributed by atoms with E-state index in [1.54, 1.807) is 11.3 Å². The van der Waals surface area contributed by atoms with Crippen molar-refractivity contribution in [3.05, 3.63) is 218 Å². The van der Waals surface area contributed by atoms with Gasteiger partial charge in [-0.2, -0.15) is 0 Å². The third-order valence-electron chi connectivity index (χ3n) is 12.4. The Kier molecular flexibility index (Phi) is 9.17. The lowest BCUT2D eigenvalue weighted by Crippen LogP contribution is -2.04. The first-order valence-electron chi connectivity index (χ1n) is 22.1. The smallest absolute Gasteiger partial charge is 0.235 e. The second kappa shape index (κ2) is 16.0. The van der Waals surface area contributed by atoms with Crippen LogP contribution in [-0.4, -0.2) is 39.3 Å². The standard InChI is InChI=1S/C58H36N8S/c1-5-18-37(19-6-1)46-35-47(38-20-7-2-8-21-38)60-57(59-46)65-51-30-16-14-27-44(51)54-45(28-17-31-52(54)65)56-64-63-55(67-56)41-32-33-43-42-26-13-15-29-50(42)66(53(43)34-41)58-61-48(39-22-9-3-10-23-39)36-49(62-58)40-24-11-4-12-25-40/h1-36H. The predicted octanol–water partition coefficient (Wildman–Crippen LogP) is 14.3. The zero-order chi connectivity index (χ0) is 44.3. The van der Waals surface area contributed by atoms with Gasteiger partial charge in [-0.3, -0.25) is 9.13 Å². The van der Waals surface area contributed by atoms with Crippen LogP contribution in [0.15, 0.2) is 218 Å². The van der Waals surface area contributed by atoms with Crippen LogP contribution in [0.1, 0.15) is 0 Å². The molecule has 13 aromatic rings. The van der Waals surface area contributed by atoms with E-state index in [-0.39, 0.29) is 0 Å². The minimum Gasteiger partial charge on any atom is -0.278 e. The number of para-hydroxylation sites is 2. The van der Waals surface area contributed by atoms with Gasteiger partial charge in [0.05, 0.1) is 44.8 Å². The first kappa shape index (κ1) is 38.5. The second-order valence-electron chi connectivity index (χ2n) is 16.4. The molecule has 314 valence electrons. The van der Waals surface area contributed by atoms with Crippen LogP contribution >= 0.6 is 11.3 Å². The molecular weight excluding hydrogens is 841 g/mol. The highest BCUT2D eigenvalue weighted by atomic mass is 32.1. The van der Waals surface area contributed by atoms with Gasteiger partial charge in [0.1, 0.15) is 10.0 Å². The Balaban J connectivity index is 0.961. The Morgan fingerprint density at radius 2 is 0.716 bits per heavy atom. The van der Waals surface area contributed by atoms with E-state index < -0.39 is 0 Å². The molecule has 8 nitrogen and oxygen atoms in total. The molecule has 0 fully saturated rings. The zero-order valence-electron chi connectivity index (χ0n) is 35.8. The van der Waals surface area contributed by atoms with Crippen molar-refractivity contribution in [1.29, 1.82) is 0 Å². The normalized spacial score (nSPS) is 11.6. The lowest BCUT2D eigenvalue weighted by Gasteiger charge is -2.12. The molecular formula is C58H36N8S. The molecule has 67 heavy (non-hydrogen) atoms. The topological polar surface area (TPSA) is 87.2 Å². The fraction of sp³-hybridized carbons (Fsp3) is 0. The second-order valence-corrected chi connectivity index (χ2v) is 17.4. The highest BCUT2D eigenvalue weighted by molar-refractivity contribution is 7.18. The highest BCUT2D eigenvalue weighted by Gasteiger charge is 2.23. The molecule has 5 aromatic heterocycles. The molecule has 5 heterocycles. The number of hydrogen-bond acceptors (Lipinski definition) is 7. The third kappa shape index (κ3) is 6.67. The molecule has 0 saturated carbocycles. The molecule has 0 unspecified atom stereocenters. The monoisotopic (exact) mass is 876 g/mol. The Labute approximate surface area is 388 Å². The van der Waals surface area contributed by atoms with Crippen molar-refractivity contribution in [2.24, 2.45) is 0 Å². The van der Waals surface area contributed by atoms with Gasteiger partial charge in [-0.15, -0.1) is 10.2 Å². The largest absolute Gasteiger partial charge is 0.278 e. The van der Waals surface area contributed by atoms with Gasteiger partial charge in [0, 0.05) is 54.9 Å². The summed E-state index contributed by atoms with van der Waals surface area (Å²) in [5.74, 6) is 1.19. The Morgan fingerprint density at radius 1 is 0.299 bits per heavy atom. The van der Waals surface area contributed by atoms with Gasteiger partial charge < -0.3 is 0 Å². The fourth-order valence-corrected chi connectivity index (χ4v) is 10.1. The molecule has 0 amide bonds. The van der Waals surface area contributed by atoms with E-state index in [2.05, 4.69) is 155 Å². The SMILES string of the molecule is c1ccc(-c2cc(-c3ccccc3)nc(-n3c4ccccc4c4ccc(-c5nnc(-c6cccc7c6c6ccccc6n7-c6nc(-c7ccccc7)cc(-c7ccccc7)n6)s5)cc43)n2)cc1. The van der Waals surface area contributed by atoms with Gasteiger partial charge >= 0.3 is 0 Å². The first-order chi connectivity index (χ1) is 33.2. The average Bonchev–Trinajstić information content (AvgIpc) is 4.13. The summed E-state index contributed by atoms with van der Waals surface area (Å²) in [5.41, 5.74) is 13.4. The molecule has 0 aliphatic heterocycles. The number of benzene rings is 8. The highest BCUT2D eigenvalue weighted by Crippen LogP contribution is 2.42. The van der Waals surface area contributed by atoms with Crippen LogP contribution in [0.5, 0.6) is 0 Å². The molecule has 0 atom stereocenters. The average molecular weight is 877 g/mol. The number of rotatable bonds is 8. The van der Waals surface area contributed by atoms with E-state index >= 15 is 0 Å². The molecule has 0 bridgehead atoms. The quantitative estimate of drug-likeness (QED) is 0.151. The Hall–Kier alpha value is -8.92. The van der Waals surface area contributed by atoms with E-state index in [1.807, 2.05) is 72.8 Å². The zero-order valence-corrected chi connectivity index (χ0v) is 36.6. The number of aromatic nitrogens is 8. The van der Waals surface area contributed by atoms with E-state index in [0.717, 1.165) is 110 Å². The summed E-state index contributed by atoms with van der Waals surface area (Å²) >= 11 is 1.58. The maximum atomic E-state index is 5.25. The number of hydrogen-bond donors (Lipinski definition) is 0. The molecule has 9 heteroatoms. The van der Waals surface area contributed by atoms with Crippen molar-refractivity contribution in [3.63, 3.8) is 0 Å². The van der Waals surface area contributed by atoms with Crippen LogP contribution in [-0.2, 0) is 0 Å². The van der Waals surface area contributed by atoms with E-state index in [4.69, 9.17) is 30.1 Å². The Morgan fingerprint density at radius 3 is 1.25 bits per heavy atom. The fourth-order valence-electron chi connectivity index (χ4n) is 9.28. The first-order valence-corrected chi connectivity index (χ1v) is 22.9. The van der Waals surface area contributed by atoms with Crippen molar-refractivity contribution >= 4 is 54.9 Å². The van der Waals surface area contributed by atoms with E-state index in [1.165, 1.54) is 0 Å². The summed E-state index contributed by atoms with van der Waals surface area (Å²) in [6.07, 6.45) is 0. The maximum absolute atomic E-state index is 5.25. The van der Waals surface area contributed by atoms with Crippen molar-refractivity contribution < 1.29 is 0 Å². The van der Waals surface area contributed by atoms with Gasteiger partial charge in [-0.05, 0) is 36.4 Å². The number of nitrogens with zero attached hydrogens (tertiary/aromatic N) is 8. The Bertz CT molecular complexity index is 3860.